The van der Waals surface area contributed by atoms with E-state index in [1.165, 1.54) is 36.0 Å². The van der Waals surface area contributed by atoms with Crippen molar-refractivity contribution in [3.63, 3.8) is 0 Å². The number of alkyl halides is 3. The number of nitro groups is 1. The van der Waals surface area contributed by atoms with Gasteiger partial charge >= 0.3 is 11.9 Å². The molecule has 1 aliphatic heterocycles. The summed E-state index contributed by atoms with van der Waals surface area (Å²) in [6.07, 6.45) is -1.50. The van der Waals surface area contributed by atoms with Crippen molar-refractivity contribution in [2.24, 2.45) is 0 Å². The van der Waals surface area contributed by atoms with Gasteiger partial charge in [-0.15, -0.1) is 11.8 Å². The van der Waals surface area contributed by atoms with Gasteiger partial charge in [0.15, 0.2) is 11.5 Å². The molecule has 43 heavy (non-hydrogen) atoms. The largest absolute Gasteiger partial charge is 0.490 e. The number of thioether (sulfide) groups is 2. The van der Waals surface area contributed by atoms with Crippen LogP contribution in [-0.2, 0) is 15.8 Å². The molecule has 1 fully saturated rings. The summed E-state index contributed by atoms with van der Waals surface area (Å²) in [5, 5.41) is 13.5. The maximum atomic E-state index is 13.1. The number of anilines is 1. The van der Waals surface area contributed by atoms with Gasteiger partial charge in [0.25, 0.3) is 11.1 Å². The lowest BCUT2D eigenvalue weighted by Gasteiger charge is -2.14. The van der Waals surface area contributed by atoms with Crippen molar-refractivity contribution in [1.82, 2.24) is 4.90 Å². The highest BCUT2D eigenvalue weighted by Gasteiger charge is 2.36. The van der Waals surface area contributed by atoms with Gasteiger partial charge in [-0.05, 0) is 79.0 Å². The molecule has 3 amide bonds. The third kappa shape index (κ3) is 7.67. The zero-order valence-corrected chi connectivity index (χ0v) is 24.1. The van der Waals surface area contributed by atoms with Crippen LogP contribution in [0.5, 0.6) is 17.2 Å². The second-order valence-corrected chi connectivity index (χ2v) is 10.6. The van der Waals surface area contributed by atoms with Crippen molar-refractivity contribution in [2.45, 2.75) is 18.0 Å². The molecule has 1 N–H and O–H groups in total. The summed E-state index contributed by atoms with van der Waals surface area (Å²) in [5.74, 6) is -1.62. The number of ether oxygens (including phenoxy) is 2. The topological polar surface area (TPSA) is 128 Å². The molecule has 15 heteroatoms. The Kier molecular flexibility index (Phi) is 9.66. The summed E-state index contributed by atoms with van der Waals surface area (Å²) in [7, 11) is 0. The fourth-order valence-electron chi connectivity index (χ4n) is 3.84. The normalized spacial score (nSPS) is 14.3. The Balaban J connectivity index is 1.53. The molecule has 1 aliphatic rings. The minimum absolute atomic E-state index is 0.0304. The predicted octanol–water partition coefficient (Wildman–Crippen LogP) is 7.20. The summed E-state index contributed by atoms with van der Waals surface area (Å²) in [6, 6.07) is 13.2. The molecule has 4 rings (SSSR count). The van der Waals surface area contributed by atoms with Crippen LogP contribution in [0.4, 0.5) is 29.3 Å². The quantitative estimate of drug-likeness (QED) is 0.107. The molecule has 0 atom stereocenters. The molecule has 0 bridgehead atoms. The van der Waals surface area contributed by atoms with Gasteiger partial charge in [-0.2, -0.15) is 13.2 Å². The van der Waals surface area contributed by atoms with E-state index in [4.69, 9.17) is 9.47 Å². The average molecular weight is 634 g/mol. The first-order valence-corrected chi connectivity index (χ1v) is 14.4. The Morgan fingerprint density at radius 3 is 2.51 bits per heavy atom. The van der Waals surface area contributed by atoms with Crippen molar-refractivity contribution in [1.29, 1.82) is 0 Å². The lowest BCUT2D eigenvalue weighted by molar-refractivity contribution is -0.385. The van der Waals surface area contributed by atoms with Crippen LogP contribution in [0.3, 0.4) is 0 Å². The number of carbonyl (C=O) groups is 3. The number of carbonyl (C=O) groups excluding carboxylic acids is 3. The summed E-state index contributed by atoms with van der Waals surface area (Å²) in [4.78, 5) is 50.3. The van der Waals surface area contributed by atoms with E-state index in [0.29, 0.717) is 35.1 Å². The van der Waals surface area contributed by atoms with Gasteiger partial charge in [0.1, 0.15) is 6.54 Å². The zero-order chi connectivity index (χ0) is 31.3. The first-order chi connectivity index (χ1) is 20.4. The van der Waals surface area contributed by atoms with Gasteiger partial charge in [0, 0.05) is 16.6 Å². The fourth-order valence-corrected chi connectivity index (χ4v) is 5.14. The Morgan fingerprint density at radius 2 is 1.84 bits per heavy atom. The van der Waals surface area contributed by atoms with Crippen LogP contribution in [0.1, 0.15) is 18.1 Å². The first kappa shape index (κ1) is 31.4. The number of nitrogens with zero attached hydrogens (tertiary/aromatic N) is 2. The molecule has 0 aromatic heterocycles. The van der Waals surface area contributed by atoms with Crippen LogP contribution >= 0.6 is 23.5 Å². The molecule has 10 nitrogen and oxygen atoms in total. The number of nitrogens with one attached hydrogen (secondary N) is 1. The SMILES string of the molecule is CCOc1cc(/C=C2/SC(=O)N(CC(=O)Nc3cccc(SC)c3)C2=O)ccc1Oc1ccc(C(F)(F)F)cc1[N+](=O)[O-]. The van der Waals surface area contributed by atoms with Gasteiger partial charge in [0.05, 0.1) is 22.0 Å². The van der Waals surface area contributed by atoms with Crippen molar-refractivity contribution < 1.29 is 42.0 Å². The second-order valence-electron chi connectivity index (χ2n) is 8.73. The number of nitro benzene ring substituents is 1. The van der Waals surface area contributed by atoms with Crippen LogP contribution in [-0.4, -0.2) is 46.3 Å². The minimum atomic E-state index is -4.79. The summed E-state index contributed by atoms with van der Waals surface area (Å²) < 4.78 is 50.3. The van der Waals surface area contributed by atoms with Gasteiger partial charge in [-0.1, -0.05) is 12.1 Å². The molecule has 0 unspecified atom stereocenters. The number of rotatable bonds is 10. The third-order valence-electron chi connectivity index (χ3n) is 5.80. The third-order valence-corrected chi connectivity index (χ3v) is 7.43. The van der Waals surface area contributed by atoms with Crippen LogP contribution < -0.4 is 14.8 Å². The highest BCUT2D eigenvalue weighted by Crippen LogP contribution is 2.41. The number of hydrogen-bond acceptors (Lipinski definition) is 9. The van der Waals surface area contributed by atoms with Crippen molar-refractivity contribution >= 4 is 58.0 Å². The van der Waals surface area contributed by atoms with Gasteiger partial charge < -0.3 is 14.8 Å². The van der Waals surface area contributed by atoms with E-state index in [1.54, 1.807) is 25.1 Å². The van der Waals surface area contributed by atoms with Crippen molar-refractivity contribution in [3.8, 4) is 17.2 Å². The smallest absolute Gasteiger partial charge is 0.416 e. The molecular weight excluding hydrogens is 611 g/mol. The minimum Gasteiger partial charge on any atom is -0.490 e. The van der Waals surface area contributed by atoms with Crippen molar-refractivity contribution in [3.05, 3.63) is 86.8 Å². The average Bonchev–Trinajstić information content (AvgIpc) is 3.21. The molecular formula is C28H22F3N3O7S2. The van der Waals surface area contributed by atoms with E-state index in [2.05, 4.69) is 5.32 Å². The second kappa shape index (κ2) is 13.2. The summed E-state index contributed by atoms with van der Waals surface area (Å²) >= 11 is 2.13. The lowest BCUT2D eigenvalue weighted by Crippen LogP contribution is -2.36. The van der Waals surface area contributed by atoms with Crippen molar-refractivity contribution in [2.75, 3.05) is 24.7 Å². The Bertz CT molecular complexity index is 1630. The van der Waals surface area contributed by atoms with E-state index in [-0.39, 0.29) is 23.0 Å². The molecule has 0 radical (unpaired) electrons. The van der Waals surface area contributed by atoms with Crippen LogP contribution in [0.2, 0.25) is 0 Å². The Hall–Kier alpha value is -4.50. The first-order valence-electron chi connectivity index (χ1n) is 12.4. The van der Waals surface area contributed by atoms with E-state index < -0.39 is 51.7 Å². The molecule has 0 aliphatic carbocycles. The Morgan fingerprint density at radius 1 is 1.09 bits per heavy atom. The molecule has 3 aromatic rings. The highest BCUT2D eigenvalue weighted by molar-refractivity contribution is 8.18. The Labute approximate surface area is 251 Å². The number of imide groups is 1. The molecule has 224 valence electrons. The van der Waals surface area contributed by atoms with E-state index in [0.717, 1.165) is 15.9 Å². The number of halogens is 3. The zero-order valence-electron chi connectivity index (χ0n) is 22.5. The number of amides is 3. The molecule has 1 heterocycles. The van der Waals surface area contributed by atoms with Gasteiger partial charge in [-0.25, -0.2) is 0 Å². The van der Waals surface area contributed by atoms with Gasteiger partial charge in [-0.3, -0.25) is 29.4 Å². The number of benzene rings is 3. The molecule has 0 saturated carbocycles. The standard InChI is InChI=1S/C28H22F3N3O7S2/c1-3-40-23-11-16(7-9-22(23)41-21-10-8-17(28(29,30)31)13-20(21)34(38)39)12-24-26(36)33(27(37)43-24)15-25(35)32-18-5-4-6-19(14-18)42-2/h4-14H,3,15H2,1-2H3,(H,32,35)/b24-12+. The molecule has 3 aromatic carbocycles. The maximum Gasteiger partial charge on any atom is 0.416 e. The summed E-state index contributed by atoms with van der Waals surface area (Å²) in [6.45, 7) is 1.31. The highest BCUT2D eigenvalue weighted by atomic mass is 32.2. The molecule has 0 spiro atoms. The van der Waals surface area contributed by atoms with Gasteiger partial charge in [0.2, 0.25) is 11.7 Å². The monoisotopic (exact) mass is 633 g/mol. The van der Waals surface area contributed by atoms with E-state index in [9.17, 15) is 37.7 Å². The van der Waals surface area contributed by atoms with Crippen LogP contribution in [0.25, 0.3) is 6.08 Å². The number of hydrogen-bond donors (Lipinski definition) is 1. The fraction of sp³-hybridized carbons (Fsp3) is 0.179. The van der Waals surface area contributed by atoms with Crippen LogP contribution in [0.15, 0.2) is 70.5 Å². The van der Waals surface area contributed by atoms with Crippen LogP contribution in [0, 0.1) is 10.1 Å². The van der Waals surface area contributed by atoms with E-state index >= 15 is 0 Å². The summed E-state index contributed by atoms with van der Waals surface area (Å²) in [5.41, 5.74) is -1.19. The molecule has 1 saturated heterocycles. The predicted molar refractivity (Wildman–Crippen MR) is 155 cm³/mol. The lowest BCUT2D eigenvalue weighted by atomic mass is 10.1. The maximum absolute atomic E-state index is 13.1. The van der Waals surface area contributed by atoms with E-state index in [1.807, 2.05) is 12.3 Å².